The number of nitrogen functional groups attached to an aromatic ring is 1. The highest BCUT2D eigenvalue weighted by molar-refractivity contribution is 6.34. The Bertz CT molecular complexity index is 402. The van der Waals surface area contributed by atoms with Crippen molar-refractivity contribution in [2.75, 3.05) is 12.3 Å². The van der Waals surface area contributed by atoms with Gasteiger partial charge in [-0.15, -0.1) is 0 Å². The van der Waals surface area contributed by atoms with E-state index in [-0.39, 0.29) is 18.1 Å². The van der Waals surface area contributed by atoms with Crippen LogP contribution in [-0.2, 0) is 0 Å². The zero-order valence-electron chi connectivity index (χ0n) is 10.7. The third kappa shape index (κ3) is 2.94. The van der Waals surface area contributed by atoms with Gasteiger partial charge in [-0.25, -0.2) is 0 Å². The van der Waals surface area contributed by atoms with Crippen molar-refractivity contribution in [1.82, 2.24) is 5.32 Å². The summed E-state index contributed by atoms with van der Waals surface area (Å²) in [6.07, 6.45) is 1.27. The molecule has 0 atom stereocenters. The quantitative estimate of drug-likeness (QED) is 0.718. The highest BCUT2D eigenvalue weighted by Gasteiger charge is 2.28. The summed E-state index contributed by atoms with van der Waals surface area (Å²) < 4.78 is 0. The first-order chi connectivity index (χ1) is 8.49. The molecule has 0 aliphatic rings. The molecule has 0 aliphatic heterocycles. The first-order valence-electron chi connectivity index (χ1n) is 5.97. The summed E-state index contributed by atoms with van der Waals surface area (Å²) in [5.74, 6) is -0.351. The van der Waals surface area contributed by atoms with Crippen molar-refractivity contribution in [3.05, 3.63) is 28.8 Å². The third-order valence-electron chi connectivity index (χ3n) is 3.31. The molecular weight excluding hydrogens is 252 g/mol. The largest absolute Gasteiger partial charge is 0.398 e. The van der Waals surface area contributed by atoms with E-state index in [9.17, 15) is 9.90 Å². The maximum atomic E-state index is 12.2. The van der Waals surface area contributed by atoms with Crippen LogP contribution in [0.4, 0.5) is 5.69 Å². The number of anilines is 1. The first kappa shape index (κ1) is 14.8. The van der Waals surface area contributed by atoms with E-state index in [4.69, 9.17) is 17.3 Å². The van der Waals surface area contributed by atoms with Gasteiger partial charge in [-0.2, -0.15) is 0 Å². The van der Waals surface area contributed by atoms with Crippen LogP contribution < -0.4 is 11.1 Å². The Morgan fingerprint density at radius 2 is 2.06 bits per heavy atom. The van der Waals surface area contributed by atoms with E-state index in [2.05, 4.69) is 5.32 Å². The van der Waals surface area contributed by atoms with E-state index in [0.29, 0.717) is 23.6 Å². The fraction of sp³-hybridized carbons (Fsp3) is 0.462. The van der Waals surface area contributed by atoms with Gasteiger partial charge in [0.1, 0.15) is 0 Å². The topological polar surface area (TPSA) is 75.3 Å². The van der Waals surface area contributed by atoms with Crippen molar-refractivity contribution >= 4 is 23.2 Å². The SMILES string of the molecule is CCC(CC)(CO)NC(=O)c1c(N)cccc1Cl. The molecule has 0 heterocycles. The lowest BCUT2D eigenvalue weighted by molar-refractivity contribution is 0.0819. The van der Waals surface area contributed by atoms with Crippen molar-refractivity contribution in [3.8, 4) is 0 Å². The maximum Gasteiger partial charge on any atom is 0.255 e. The van der Waals surface area contributed by atoms with Crippen molar-refractivity contribution in [1.29, 1.82) is 0 Å². The molecule has 4 nitrogen and oxygen atoms in total. The second-order valence-electron chi connectivity index (χ2n) is 4.30. The fourth-order valence-electron chi connectivity index (χ4n) is 1.77. The number of aliphatic hydroxyl groups excluding tert-OH is 1. The van der Waals surface area contributed by atoms with Crippen LogP contribution in [0, 0.1) is 0 Å². The van der Waals surface area contributed by atoms with E-state index in [1.54, 1.807) is 18.2 Å². The van der Waals surface area contributed by atoms with Gasteiger partial charge in [0.25, 0.3) is 5.91 Å². The number of carbonyl (C=O) groups is 1. The molecule has 5 heteroatoms. The van der Waals surface area contributed by atoms with Gasteiger partial charge in [-0.1, -0.05) is 31.5 Å². The molecule has 1 aromatic carbocycles. The Morgan fingerprint density at radius 1 is 1.44 bits per heavy atom. The number of hydrogen-bond acceptors (Lipinski definition) is 3. The summed E-state index contributed by atoms with van der Waals surface area (Å²) in [5.41, 5.74) is 5.73. The minimum atomic E-state index is -0.622. The van der Waals surface area contributed by atoms with Crippen molar-refractivity contribution < 1.29 is 9.90 Å². The molecule has 4 N–H and O–H groups in total. The van der Waals surface area contributed by atoms with Crippen LogP contribution in [0.3, 0.4) is 0 Å². The molecule has 1 rings (SSSR count). The number of amides is 1. The summed E-state index contributed by atoms with van der Waals surface area (Å²) in [4.78, 5) is 12.2. The predicted molar refractivity (Wildman–Crippen MR) is 73.7 cm³/mol. The minimum Gasteiger partial charge on any atom is -0.398 e. The van der Waals surface area contributed by atoms with E-state index in [1.165, 1.54) is 0 Å². The second kappa shape index (κ2) is 6.07. The summed E-state index contributed by atoms with van der Waals surface area (Å²) in [6, 6.07) is 4.93. The van der Waals surface area contributed by atoms with Gasteiger partial charge >= 0.3 is 0 Å². The minimum absolute atomic E-state index is 0.115. The van der Waals surface area contributed by atoms with Gasteiger partial charge in [0.15, 0.2) is 0 Å². The van der Waals surface area contributed by atoms with Crippen LogP contribution >= 0.6 is 11.6 Å². The molecular formula is C13H19ClN2O2. The number of nitrogens with two attached hydrogens (primary N) is 1. The zero-order valence-corrected chi connectivity index (χ0v) is 11.4. The van der Waals surface area contributed by atoms with Crippen molar-refractivity contribution in [3.63, 3.8) is 0 Å². The lowest BCUT2D eigenvalue weighted by Gasteiger charge is -2.31. The molecule has 100 valence electrons. The van der Waals surface area contributed by atoms with Crippen LogP contribution in [0.15, 0.2) is 18.2 Å². The van der Waals surface area contributed by atoms with Gasteiger partial charge < -0.3 is 16.2 Å². The van der Waals surface area contributed by atoms with Gasteiger partial charge in [-0.3, -0.25) is 4.79 Å². The highest BCUT2D eigenvalue weighted by Crippen LogP contribution is 2.23. The van der Waals surface area contributed by atoms with Gasteiger partial charge in [-0.05, 0) is 25.0 Å². The molecule has 1 aromatic rings. The molecule has 0 saturated heterocycles. The standard InChI is InChI=1S/C13H19ClN2O2/c1-3-13(4-2,8-17)16-12(18)11-9(14)6-5-7-10(11)15/h5-7,17H,3-4,8,15H2,1-2H3,(H,16,18). The van der Waals surface area contributed by atoms with Crippen LogP contribution in [0.2, 0.25) is 5.02 Å². The van der Waals surface area contributed by atoms with E-state index in [0.717, 1.165) is 0 Å². The summed E-state index contributed by atoms with van der Waals surface area (Å²) in [7, 11) is 0. The lowest BCUT2D eigenvalue weighted by atomic mass is 9.93. The Kier molecular flexibility index (Phi) is 4.99. The monoisotopic (exact) mass is 270 g/mol. The molecule has 0 fully saturated rings. The van der Waals surface area contributed by atoms with Crippen molar-refractivity contribution in [2.24, 2.45) is 0 Å². The normalized spacial score (nSPS) is 11.3. The molecule has 0 spiro atoms. The molecule has 0 bridgehead atoms. The summed E-state index contributed by atoms with van der Waals surface area (Å²) in [6.45, 7) is 3.71. The van der Waals surface area contributed by atoms with Crippen LogP contribution in [0.5, 0.6) is 0 Å². The number of aliphatic hydroxyl groups is 1. The molecule has 0 aliphatic carbocycles. The smallest absolute Gasteiger partial charge is 0.255 e. The average Bonchev–Trinajstić information content (AvgIpc) is 2.36. The number of nitrogens with one attached hydrogen (secondary N) is 1. The van der Waals surface area contributed by atoms with E-state index < -0.39 is 5.54 Å². The number of rotatable bonds is 5. The van der Waals surface area contributed by atoms with Gasteiger partial charge in [0.2, 0.25) is 0 Å². The fourth-order valence-corrected chi connectivity index (χ4v) is 2.04. The van der Waals surface area contributed by atoms with E-state index in [1.807, 2.05) is 13.8 Å². The summed E-state index contributed by atoms with van der Waals surface area (Å²) >= 11 is 5.98. The first-order valence-corrected chi connectivity index (χ1v) is 6.34. The summed E-state index contributed by atoms with van der Waals surface area (Å²) in [5, 5.41) is 12.6. The molecule has 0 saturated carbocycles. The molecule has 0 radical (unpaired) electrons. The average molecular weight is 271 g/mol. The van der Waals surface area contributed by atoms with E-state index >= 15 is 0 Å². The molecule has 18 heavy (non-hydrogen) atoms. The predicted octanol–water partition coefficient (Wildman–Crippen LogP) is 2.20. The van der Waals surface area contributed by atoms with Crippen LogP contribution in [-0.4, -0.2) is 23.2 Å². The highest BCUT2D eigenvalue weighted by atomic mass is 35.5. The maximum absolute atomic E-state index is 12.2. The number of benzene rings is 1. The number of hydrogen-bond donors (Lipinski definition) is 3. The zero-order chi connectivity index (χ0) is 13.8. The Hall–Kier alpha value is -1.26. The van der Waals surface area contributed by atoms with Gasteiger partial charge in [0, 0.05) is 5.69 Å². The second-order valence-corrected chi connectivity index (χ2v) is 4.71. The van der Waals surface area contributed by atoms with Gasteiger partial charge in [0.05, 0.1) is 22.7 Å². The Balaban J connectivity index is 3.02. The molecule has 1 amide bonds. The van der Waals surface area contributed by atoms with Crippen LogP contribution in [0.25, 0.3) is 0 Å². The van der Waals surface area contributed by atoms with Crippen molar-refractivity contribution in [2.45, 2.75) is 32.2 Å². The van der Waals surface area contributed by atoms with Crippen LogP contribution in [0.1, 0.15) is 37.0 Å². The number of halogens is 1. The Labute approximate surface area is 112 Å². The molecule has 0 aromatic heterocycles. The lowest BCUT2D eigenvalue weighted by Crippen LogP contribution is -2.50. The third-order valence-corrected chi connectivity index (χ3v) is 3.62. The molecule has 0 unspecified atom stereocenters. The Morgan fingerprint density at radius 3 is 2.50 bits per heavy atom. The number of carbonyl (C=O) groups excluding carboxylic acids is 1.